The fourth-order valence-corrected chi connectivity index (χ4v) is 3.30. The maximum absolute atomic E-state index is 11.2. The number of aromatic hydroxyl groups is 1. The van der Waals surface area contributed by atoms with Crippen LogP contribution >= 0.6 is 0 Å². The molecular weight excluding hydrogens is 312 g/mol. The molecule has 0 atom stereocenters. The van der Waals surface area contributed by atoms with Gasteiger partial charge in [-0.25, -0.2) is 4.79 Å². The normalized spacial score (nSPS) is 22.6. The second kappa shape index (κ2) is 6.23. The van der Waals surface area contributed by atoms with Crippen LogP contribution in [0.4, 0.5) is 4.79 Å². The first-order chi connectivity index (χ1) is 11.3. The van der Waals surface area contributed by atoms with Crippen LogP contribution in [0.1, 0.15) is 25.0 Å². The lowest BCUT2D eigenvalue weighted by Crippen LogP contribution is -2.65. The highest BCUT2D eigenvalue weighted by atomic mass is 16.7. The molecule has 2 heterocycles. The molecule has 1 amide bonds. The van der Waals surface area contributed by atoms with Crippen molar-refractivity contribution in [1.29, 1.82) is 0 Å². The number of carbonyl (C=O) groups is 1. The summed E-state index contributed by atoms with van der Waals surface area (Å²) >= 11 is 0. The highest BCUT2D eigenvalue weighted by Crippen LogP contribution is 2.28. The first kappa shape index (κ1) is 17.0. The number of carboxylic acid groups (broad SMARTS) is 1. The molecule has 0 spiro atoms. The Bertz CT molecular complexity index is 621. The number of rotatable bonds is 3. The van der Waals surface area contributed by atoms with Crippen LogP contribution < -0.4 is 5.32 Å². The Balaban J connectivity index is 1.72. The van der Waals surface area contributed by atoms with Crippen LogP contribution in [0.15, 0.2) is 18.2 Å². The molecule has 1 aromatic rings. The van der Waals surface area contributed by atoms with Gasteiger partial charge in [0, 0.05) is 19.6 Å². The molecule has 0 bridgehead atoms. The fourth-order valence-electron chi connectivity index (χ4n) is 3.30. The second-order valence-corrected chi connectivity index (χ2v) is 7.10. The minimum absolute atomic E-state index is 0.269. The van der Waals surface area contributed by atoms with E-state index in [1.165, 1.54) is 0 Å². The first-order valence-electron chi connectivity index (χ1n) is 8.09. The number of nitrogens with zero attached hydrogens (tertiary/aromatic N) is 1. The maximum atomic E-state index is 11.2. The van der Waals surface area contributed by atoms with Gasteiger partial charge in [-0.2, -0.15) is 0 Å². The number of hydrogen-bond acceptors (Lipinski definition) is 5. The lowest BCUT2D eigenvalue weighted by atomic mass is 9.95. The second-order valence-electron chi connectivity index (χ2n) is 7.10. The largest absolute Gasteiger partial charge is 0.508 e. The monoisotopic (exact) mass is 336 g/mol. The van der Waals surface area contributed by atoms with Crippen molar-refractivity contribution in [2.75, 3.05) is 26.3 Å². The fraction of sp³-hybridized carbons (Fsp3) is 0.588. The molecule has 3 N–H and O–H groups in total. The van der Waals surface area contributed by atoms with Gasteiger partial charge in [0.1, 0.15) is 11.3 Å². The van der Waals surface area contributed by atoms with E-state index in [1.54, 1.807) is 12.1 Å². The third kappa shape index (κ3) is 3.80. The zero-order chi connectivity index (χ0) is 17.4. The molecule has 3 rings (SSSR count). The molecule has 7 heteroatoms. The molecule has 0 aromatic heterocycles. The predicted octanol–water partition coefficient (Wildman–Crippen LogP) is 1.54. The summed E-state index contributed by atoms with van der Waals surface area (Å²) in [5.74, 6) is -0.419. The zero-order valence-corrected chi connectivity index (χ0v) is 14.0. The molecule has 2 aliphatic heterocycles. The predicted molar refractivity (Wildman–Crippen MR) is 87.0 cm³/mol. The lowest BCUT2D eigenvalue weighted by Gasteiger charge is -2.45. The van der Waals surface area contributed by atoms with Gasteiger partial charge in [-0.05, 0) is 43.5 Å². The molecule has 0 unspecified atom stereocenters. The number of fused-ring (bicyclic) bond motifs is 1. The van der Waals surface area contributed by atoms with Gasteiger partial charge in [0.15, 0.2) is 5.79 Å². The van der Waals surface area contributed by atoms with E-state index in [0.717, 1.165) is 24.1 Å². The molecule has 0 aliphatic carbocycles. The summed E-state index contributed by atoms with van der Waals surface area (Å²) in [7, 11) is 0. The molecular formula is C17H24N2O5. The zero-order valence-electron chi connectivity index (χ0n) is 14.0. The van der Waals surface area contributed by atoms with Gasteiger partial charge in [-0.15, -0.1) is 0 Å². The molecule has 0 saturated carbocycles. The third-order valence-corrected chi connectivity index (χ3v) is 4.57. The minimum Gasteiger partial charge on any atom is -0.508 e. The van der Waals surface area contributed by atoms with Crippen molar-refractivity contribution in [2.45, 2.75) is 38.1 Å². The van der Waals surface area contributed by atoms with E-state index in [4.69, 9.17) is 9.47 Å². The van der Waals surface area contributed by atoms with Crippen molar-refractivity contribution in [2.24, 2.45) is 0 Å². The smallest absolute Gasteiger partial charge is 0.405 e. The Labute approximate surface area is 141 Å². The summed E-state index contributed by atoms with van der Waals surface area (Å²) in [6.45, 7) is 6.19. The quantitative estimate of drug-likeness (QED) is 0.776. The minimum atomic E-state index is -1.08. The Morgan fingerprint density at radius 3 is 2.67 bits per heavy atom. The Kier molecular flexibility index (Phi) is 4.42. The van der Waals surface area contributed by atoms with Gasteiger partial charge in [-0.1, -0.05) is 6.07 Å². The summed E-state index contributed by atoms with van der Waals surface area (Å²) in [5, 5.41) is 21.4. The number of benzene rings is 1. The third-order valence-electron chi connectivity index (χ3n) is 4.57. The van der Waals surface area contributed by atoms with Gasteiger partial charge in [0.2, 0.25) is 0 Å². The summed E-state index contributed by atoms with van der Waals surface area (Å²) in [6.07, 6.45) is -0.260. The molecule has 2 aliphatic rings. The van der Waals surface area contributed by atoms with Gasteiger partial charge in [0.25, 0.3) is 0 Å². The van der Waals surface area contributed by atoms with E-state index in [-0.39, 0.29) is 19.0 Å². The van der Waals surface area contributed by atoms with Crippen molar-refractivity contribution >= 4 is 6.09 Å². The SMILES string of the molecule is CC1(C)OCC(CN2CCc3cc(O)ccc3C2)(NC(=O)O)CO1. The Morgan fingerprint density at radius 2 is 2.00 bits per heavy atom. The van der Waals surface area contributed by atoms with E-state index >= 15 is 0 Å². The van der Waals surface area contributed by atoms with Gasteiger partial charge in [0.05, 0.1) is 13.2 Å². The first-order valence-corrected chi connectivity index (χ1v) is 8.09. The molecule has 24 heavy (non-hydrogen) atoms. The molecule has 1 aromatic carbocycles. The summed E-state index contributed by atoms with van der Waals surface area (Å²) in [5.41, 5.74) is 1.52. The molecule has 1 fully saturated rings. The number of amides is 1. The van der Waals surface area contributed by atoms with Crippen molar-refractivity contribution < 1.29 is 24.5 Å². The van der Waals surface area contributed by atoms with Crippen LogP contribution in [0, 0.1) is 0 Å². The van der Waals surface area contributed by atoms with Crippen molar-refractivity contribution in [3.8, 4) is 5.75 Å². The van der Waals surface area contributed by atoms with Crippen LogP contribution in [0.25, 0.3) is 0 Å². The number of ether oxygens (including phenoxy) is 2. The number of phenolic OH excluding ortho intramolecular Hbond substituents is 1. The summed E-state index contributed by atoms with van der Waals surface area (Å²) in [6, 6.07) is 5.40. The van der Waals surface area contributed by atoms with Gasteiger partial charge in [-0.3, -0.25) is 4.90 Å². The number of hydrogen-bond donors (Lipinski definition) is 3. The van der Waals surface area contributed by atoms with Crippen LogP contribution in [0.3, 0.4) is 0 Å². The summed E-state index contributed by atoms with van der Waals surface area (Å²) in [4.78, 5) is 13.4. The number of nitrogens with one attached hydrogen (secondary N) is 1. The maximum Gasteiger partial charge on any atom is 0.405 e. The van der Waals surface area contributed by atoms with Crippen LogP contribution in [-0.4, -0.2) is 58.8 Å². The molecule has 0 radical (unpaired) electrons. The van der Waals surface area contributed by atoms with E-state index < -0.39 is 17.4 Å². The average Bonchev–Trinajstić information content (AvgIpc) is 2.50. The van der Waals surface area contributed by atoms with E-state index in [9.17, 15) is 15.0 Å². The molecule has 132 valence electrons. The van der Waals surface area contributed by atoms with Crippen molar-refractivity contribution in [3.05, 3.63) is 29.3 Å². The summed E-state index contributed by atoms with van der Waals surface area (Å²) < 4.78 is 11.4. The van der Waals surface area contributed by atoms with Gasteiger partial charge >= 0.3 is 6.09 Å². The highest BCUT2D eigenvalue weighted by Gasteiger charge is 2.43. The Morgan fingerprint density at radius 1 is 1.29 bits per heavy atom. The van der Waals surface area contributed by atoms with Crippen LogP contribution in [0.2, 0.25) is 0 Å². The van der Waals surface area contributed by atoms with E-state index in [1.807, 2.05) is 19.9 Å². The molecule has 1 saturated heterocycles. The van der Waals surface area contributed by atoms with E-state index in [2.05, 4.69) is 10.2 Å². The lowest BCUT2D eigenvalue weighted by molar-refractivity contribution is -0.272. The van der Waals surface area contributed by atoms with E-state index in [0.29, 0.717) is 13.1 Å². The average molecular weight is 336 g/mol. The molecule has 7 nitrogen and oxygen atoms in total. The Hall–Kier alpha value is -1.83. The van der Waals surface area contributed by atoms with Crippen LogP contribution in [-0.2, 0) is 22.4 Å². The topological polar surface area (TPSA) is 91.3 Å². The standard InChI is InChI=1S/C17H24N2O5/c1-16(2)23-10-17(11-24-16,18-15(21)22)9-19-6-5-12-7-14(20)4-3-13(12)8-19/h3-4,7,18,20H,5-6,8-11H2,1-2H3,(H,21,22). The highest BCUT2D eigenvalue weighted by molar-refractivity contribution is 5.65. The van der Waals surface area contributed by atoms with Crippen LogP contribution in [0.5, 0.6) is 5.75 Å². The number of phenols is 1. The van der Waals surface area contributed by atoms with Crippen molar-refractivity contribution in [1.82, 2.24) is 10.2 Å². The van der Waals surface area contributed by atoms with Crippen molar-refractivity contribution in [3.63, 3.8) is 0 Å². The van der Waals surface area contributed by atoms with Gasteiger partial charge < -0.3 is 25.0 Å².